The van der Waals surface area contributed by atoms with Gasteiger partial charge in [-0.1, -0.05) is 0 Å². The minimum absolute atomic E-state index is 0.0626. The third-order valence-electron chi connectivity index (χ3n) is 4.05. The molecule has 118 valence electrons. The summed E-state index contributed by atoms with van der Waals surface area (Å²) in [7, 11) is 0. The molecule has 0 bridgehead atoms. The zero-order valence-electron chi connectivity index (χ0n) is 12.7. The van der Waals surface area contributed by atoms with Crippen molar-refractivity contribution in [1.82, 2.24) is 25.4 Å². The highest BCUT2D eigenvalue weighted by atomic mass is 16.3. The second kappa shape index (κ2) is 6.74. The highest BCUT2D eigenvalue weighted by Crippen LogP contribution is 2.17. The van der Waals surface area contributed by atoms with Crippen molar-refractivity contribution >= 4 is 5.91 Å². The number of carbonyl (C=O) groups excluding carboxylic acids is 1. The Balaban J connectivity index is 1.39. The summed E-state index contributed by atoms with van der Waals surface area (Å²) in [4.78, 5) is 18.6. The highest BCUT2D eigenvalue weighted by molar-refractivity contribution is 5.93. The van der Waals surface area contributed by atoms with Crippen LogP contribution in [0.5, 0.6) is 0 Å². The number of aromatic nitrogens is 3. The van der Waals surface area contributed by atoms with E-state index >= 15 is 0 Å². The van der Waals surface area contributed by atoms with Crippen LogP contribution in [-0.4, -0.2) is 45.6 Å². The van der Waals surface area contributed by atoms with Crippen LogP contribution in [0.3, 0.4) is 0 Å². The Bertz CT molecular complexity index is 599. The summed E-state index contributed by atoms with van der Waals surface area (Å²) in [6, 6.07) is 1.68. The van der Waals surface area contributed by atoms with Crippen molar-refractivity contribution in [2.75, 3.05) is 19.6 Å². The van der Waals surface area contributed by atoms with Crippen molar-refractivity contribution < 1.29 is 9.21 Å². The molecule has 1 saturated heterocycles. The lowest BCUT2D eigenvalue weighted by atomic mass is 9.96. The second-order valence-electron chi connectivity index (χ2n) is 5.78. The van der Waals surface area contributed by atoms with E-state index in [0.717, 1.165) is 50.7 Å². The topological polar surface area (TPSA) is 87.1 Å². The van der Waals surface area contributed by atoms with Crippen molar-refractivity contribution in [3.63, 3.8) is 0 Å². The van der Waals surface area contributed by atoms with E-state index in [1.165, 1.54) is 12.5 Å². The number of H-pyrrole nitrogens is 1. The molecule has 3 rings (SSSR count). The quantitative estimate of drug-likeness (QED) is 0.870. The molecular weight excluding hydrogens is 282 g/mol. The van der Waals surface area contributed by atoms with Crippen LogP contribution < -0.4 is 5.32 Å². The van der Waals surface area contributed by atoms with E-state index in [9.17, 15) is 4.79 Å². The van der Waals surface area contributed by atoms with Crippen LogP contribution >= 0.6 is 0 Å². The van der Waals surface area contributed by atoms with Gasteiger partial charge >= 0.3 is 0 Å². The number of amides is 1. The third kappa shape index (κ3) is 3.73. The number of hydrogen-bond acceptors (Lipinski definition) is 5. The van der Waals surface area contributed by atoms with Crippen LogP contribution in [0.15, 0.2) is 23.0 Å². The summed E-state index contributed by atoms with van der Waals surface area (Å²) in [5, 5.41) is 10.0. The fraction of sp³-hybridized carbons (Fsp3) is 0.533. The van der Waals surface area contributed by atoms with Crippen molar-refractivity contribution in [2.45, 2.75) is 26.3 Å². The van der Waals surface area contributed by atoms with Gasteiger partial charge in [0, 0.05) is 6.54 Å². The van der Waals surface area contributed by atoms with Gasteiger partial charge in [-0.15, -0.1) is 0 Å². The monoisotopic (exact) mass is 303 g/mol. The number of nitrogens with zero attached hydrogens (tertiary/aromatic N) is 3. The summed E-state index contributed by atoms with van der Waals surface area (Å²) in [5.74, 6) is 2.17. The number of rotatable bonds is 5. The van der Waals surface area contributed by atoms with E-state index in [2.05, 4.69) is 25.4 Å². The summed E-state index contributed by atoms with van der Waals surface area (Å²) in [6.45, 7) is 5.45. The molecule has 0 aromatic carbocycles. The predicted octanol–water partition coefficient (Wildman–Crippen LogP) is 1.35. The normalized spacial score (nSPS) is 16.8. The number of aromatic amines is 1. The van der Waals surface area contributed by atoms with Crippen LogP contribution in [0, 0.1) is 12.8 Å². The zero-order valence-corrected chi connectivity index (χ0v) is 12.7. The molecule has 1 aliphatic heterocycles. The Morgan fingerprint density at radius 1 is 1.50 bits per heavy atom. The van der Waals surface area contributed by atoms with E-state index in [0.29, 0.717) is 11.5 Å². The lowest BCUT2D eigenvalue weighted by Gasteiger charge is -2.31. The summed E-state index contributed by atoms with van der Waals surface area (Å²) < 4.78 is 4.92. The lowest BCUT2D eigenvalue weighted by molar-refractivity contribution is 0.0934. The molecule has 0 aliphatic carbocycles. The third-order valence-corrected chi connectivity index (χ3v) is 4.05. The number of likely N-dealkylation sites (tertiary alicyclic amines) is 1. The maximum absolute atomic E-state index is 11.9. The van der Waals surface area contributed by atoms with Crippen LogP contribution in [0.25, 0.3) is 0 Å². The first-order valence-corrected chi connectivity index (χ1v) is 7.61. The van der Waals surface area contributed by atoms with E-state index in [-0.39, 0.29) is 5.91 Å². The van der Waals surface area contributed by atoms with Gasteiger partial charge in [-0.2, -0.15) is 5.10 Å². The van der Waals surface area contributed by atoms with Gasteiger partial charge in [-0.25, -0.2) is 4.98 Å². The number of aryl methyl sites for hydroxylation is 1. The molecule has 2 aromatic rings. The van der Waals surface area contributed by atoms with E-state index < -0.39 is 0 Å². The smallest absolute Gasteiger partial charge is 0.254 e. The van der Waals surface area contributed by atoms with Crippen molar-refractivity contribution in [2.24, 2.45) is 5.92 Å². The van der Waals surface area contributed by atoms with Gasteiger partial charge < -0.3 is 9.73 Å². The van der Waals surface area contributed by atoms with Gasteiger partial charge in [0.25, 0.3) is 5.91 Å². The fourth-order valence-electron chi connectivity index (χ4n) is 2.74. The Labute approximate surface area is 129 Å². The van der Waals surface area contributed by atoms with Crippen LogP contribution in [0.4, 0.5) is 0 Å². The SMILES string of the molecule is Cc1nc(CN2CCC(CNC(=O)c3ccoc3)CC2)n[nH]1. The number of nitrogens with one attached hydrogen (secondary N) is 2. The summed E-state index contributed by atoms with van der Waals surface area (Å²) in [5.41, 5.74) is 0.581. The minimum Gasteiger partial charge on any atom is -0.472 e. The number of furan rings is 1. The Morgan fingerprint density at radius 3 is 2.95 bits per heavy atom. The molecule has 22 heavy (non-hydrogen) atoms. The second-order valence-corrected chi connectivity index (χ2v) is 5.78. The van der Waals surface area contributed by atoms with E-state index in [1.807, 2.05) is 6.92 Å². The van der Waals surface area contributed by atoms with Gasteiger partial charge in [-0.3, -0.25) is 14.8 Å². The van der Waals surface area contributed by atoms with Crippen LogP contribution in [0.1, 0.15) is 34.8 Å². The molecule has 7 heteroatoms. The first-order valence-electron chi connectivity index (χ1n) is 7.61. The molecule has 7 nitrogen and oxygen atoms in total. The number of carbonyl (C=O) groups is 1. The summed E-state index contributed by atoms with van der Waals surface area (Å²) in [6.07, 6.45) is 5.14. The van der Waals surface area contributed by atoms with Gasteiger partial charge in [0.05, 0.1) is 18.4 Å². The molecule has 1 fully saturated rings. The standard InChI is InChI=1S/C15H21N5O2/c1-11-17-14(19-18-11)9-20-5-2-12(3-6-20)8-16-15(21)13-4-7-22-10-13/h4,7,10,12H,2-3,5-6,8-9H2,1H3,(H,16,21)(H,17,18,19). The average Bonchev–Trinajstić information content (AvgIpc) is 3.18. The van der Waals surface area contributed by atoms with Gasteiger partial charge in [-0.05, 0) is 44.8 Å². The Kier molecular flexibility index (Phi) is 4.53. The highest BCUT2D eigenvalue weighted by Gasteiger charge is 2.21. The van der Waals surface area contributed by atoms with Crippen molar-refractivity contribution in [1.29, 1.82) is 0 Å². The molecule has 0 atom stereocenters. The molecule has 3 heterocycles. The summed E-state index contributed by atoms with van der Waals surface area (Å²) >= 11 is 0. The maximum Gasteiger partial charge on any atom is 0.254 e. The first-order chi connectivity index (χ1) is 10.7. The lowest BCUT2D eigenvalue weighted by Crippen LogP contribution is -2.38. The molecule has 2 N–H and O–H groups in total. The molecule has 1 amide bonds. The average molecular weight is 303 g/mol. The fourth-order valence-corrected chi connectivity index (χ4v) is 2.74. The Morgan fingerprint density at radius 2 is 2.32 bits per heavy atom. The van der Waals surface area contributed by atoms with Gasteiger partial charge in [0.15, 0.2) is 5.82 Å². The first kappa shape index (κ1) is 14.8. The Hall–Kier alpha value is -2.15. The maximum atomic E-state index is 11.9. The van der Waals surface area contributed by atoms with E-state index in [4.69, 9.17) is 4.42 Å². The molecule has 0 saturated carbocycles. The van der Waals surface area contributed by atoms with Gasteiger partial charge in [0.2, 0.25) is 0 Å². The minimum atomic E-state index is -0.0626. The molecule has 0 radical (unpaired) electrons. The molecular formula is C15H21N5O2. The molecule has 1 aliphatic rings. The predicted molar refractivity (Wildman–Crippen MR) is 80.2 cm³/mol. The van der Waals surface area contributed by atoms with Crippen LogP contribution in [0.2, 0.25) is 0 Å². The molecule has 2 aromatic heterocycles. The number of piperidine rings is 1. The van der Waals surface area contributed by atoms with Crippen LogP contribution in [-0.2, 0) is 6.54 Å². The van der Waals surface area contributed by atoms with Crippen molar-refractivity contribution in [3.05, 3.63) is 35.8 Å². The van der Waals surface area contributed by atoms with Crippen molar-refractivity contribution in [3.8, 4) is 0 Å². The zero-order chi connectivity index (χ0) is 15.4. The van der Waals surface area contributed by atoms with Gasteiger partial charge in [0.1, 0.15) is 12.1 Å². The number of hydrogen-bond donors (Lipinski definition) is 2. The molecule has 0 unspecified atom stereocenters. The molecule has 0 spiro atoms. The largest absolute Gasteiger partial charge is 0.472 e. The van der Waals surface area contributed by atoms with E-state index in [1.54, 1.807) is 6.07 Å².